The van der Waals surface area contributed by atoms with Crippen LogP contribution in [0.4, 0.5) is 5.82 Å². The maximum atomic E-state index is 10.8. The van der Waals surface area contributed by atoms with E-state index in [4.69, 9.17) is 16.7 Å². The average Bonchev–Trinajstić information content (AvgIpc) is 2.26. The van der Waals surface area contributed by atoms with Crippen molar-refractivity contribution in [2.24, 2.45) is 0 Å². The second-order valence-corrected chi connectivity index (χ2v) is 3.55. The number of carboxylic acids is 1. The minimum atomic E-state index is -1.05. The number of allylic oxidation sites excluding steroid dienone is 1. The molecule has 0 radical (unpaired) electrons. The minimum Gasteiger partial charge on any atom is -0.478 e. The smallest absolute Gasteiger partial charge is 0.337 e. The number of hydrogen-bond acceptors (Lipinski definition) is 3. The predicted molar refractivity (Wildman–Crippen MR) is 64.1 cm³/mol. The summed E-state index contributed by atoms with van der Waals surface area (Å²) in [5.41, 5.74) is 0.0604. The molecule has 1 rings (SSSR count). The van der Waals surface area contributed by atoms with Crippen LogP contribution < -0.4 is 5.32 Å². The standard InChI is InChI=1S/C11H13ClN2O2/c1-2-3-4-5-13-10-6-8(11(15)16)9(12)7-14-10/h2-3,6-7H,4-5H2,1H3,(H,13,14)(H,15,16)/b3-2+. The summed E-state index contributed by atoms with van der Waals surface area (Å²) in [6.07, 6.45) is 6.17. The van der Waals surface area contributed by atoms with Crippen LogP contribution in [0.25, 0.3) is 0 Å². The molecular weight excluding hydrogens is 228 g/mol. The van der Waals surface area contributed by atoms with Gasteiger partial charge in [0.05, 0.1) is 10.6 Å². The second-order valence-electron chi connectivity index (χ2n) is 3.14. The van der Waals surface area contributed by atoms with Gasteiger partial charge in [-0.2, -0.15) is 0 Å². The number of carboxylic acid groups (broad SMARTS) is 1. The van der Waals surface area contributed by atoms with Crippen molar-refractivity contribution in [1.82, 2.24) is 4.98 Å². The molecule has 0 atom stereocenters. The van der Waals surface area contributed by atoms with Gasteiger partial charge in [0.25, 0.3) is 0 Å². The first-order valence-electron chi connectivity index (χ1n) is 4.89. The lowest BCUT2D eigenvalue weighted by molar-refractivity contribution is 0.0697. The molecule has 0 aliphatic carbocycles. The van der Waals surface area contributed by atoms with Crippen LogP contribution in [0.2, 0.25) is 5.02 Å². The Morgan fingerprint density at radius 3 is 3.06 bits per heavy atom. The van der Waals surface area contributed by atoms with Crippen molar-refractivity contribution in [3.8, 4) is 0 Å². The first-order chi connectivity index (χ1) is 7.65. The van der Waals surface area contributed by atoms with Gasteiger partial charge < -0.3 is 10.4 Å². The molecule has 0 saturated carbocycles. The van der Waals surface area contributed by atoms with Crippen LogP contribution in [0.3, 0.4) is 0 Å². The van der Waals surface area contributed by atoms with E-state index < -0.39 is 5.97 Å². The fourth-order valence-corrected chi connectivity index (χ4v) is 1.33. The number of pyridine rings is 1. The molecule has 0 bridgehead atoms. The first kappa shape index (κ1) is 12.5. The van der Waals surface area contributed by atoms with Crippen molar-refractivity contribution in [1.29, 1.82) is 0 Å². The molecule has 86 valence electrons. The quantitative estimate of drug-likeness (QED) is 0.614. The van der Waals surface area contributed by atoms with Gasteiger partial charge in [-0.1, -0.05) is 23.8 Å². The van der Waals surface area contributed by atoms with Crippen LogP contribution in [0.15, 0.2) is 24.4 Å². The largest absolute Gasteiger partial charge is 0.478 e. The normalized spacial score (nSPS) is 10.6. The lowest BCUT2D eigenvalue weighted by Crippen LogP contribution is -2.05. The van der Waals surface area contributed by atoms with Crippen LogP contribution in [-0.2, 0) is 0 Å². The Morgan fingerprint density at radius 1 is 1.69 bits per heavy atom. The summed E-state index contributed by atoms with van der Waals surface area (Å²) >= 11 is 5.69. The van der Waals surface area contributed by atoms with E-state index in [0.717, 1.165) is 6.42 Å². The summed E-state index contributed by atoms with van der Waals surface area (Å²) < 4.78 is 0. The molecular formula is C11H13ClN2O2. The molecule has 4 nitrogen and oxygen atoms in total. The molecule has 5 heteroatoms. The van der Waals surface area contributed by atoms with E-state index in [9.17, 15) is 4.79 Å². The molecule has 16 heavy (non-hydrogen) atoms. The Hall–Kier alpha value is -1.55. The van der Waals surface area contributed by atoms with Gasteiger partial charge in [-0.25, -0.2) is 9.78 Å². The number of nitrogens with one attached hydrogen (secondary N) is 1. The minimum absolute atomic E-state index is 0.0604. The van der Waals surface area contributed by atoms with E-state index in [0.29, 0.717) is 12.4 Å². The van der Waals surface area contributed by atoms with E-state index in [2.05, 4.69) is 10.3 Å². The van der Waals surface area contributed by atoms with Gasteiger partial charge in [0.1, 0.15) is 5.82 Å². The summed E-state index contributed by atoms with van der Waals surface area (Å²) in [7, 11) is 0. The Kier molecular flexibility index (Phi) is 4.79. The molecule has 2 N–H and O–H groups in total. The van der Waals surface area contributed by atoms with Gasteiger partial charge >= 0.3 is 5.97 Å². The van der Waals surface area contributed by atoms with Gasteiger partial charge in [-0.05, 0) is 19.4 Å². The molecule has 0 spiro atoms. The third-order valence-corrected chi connectivity index (χ3v) is 2.24. The number of aromatic nitrogens is 1. The van der Waals surface area contributed by atoms with Crippen LogP contribution in [0.1, 0.15) is 23.7 Å². The zero-order valence-corrected chi connectivity index (χ0v) is 9.66. The topological polar surface area (TPSA) is 62.2 Å². The zero-order valence-electron chi connectivity index (χ0n) is 8.90. The summed E-state index contributed by atoms with van der Waals surface area (Å²) in [6.45, 7) is 2.65. The Labute approximate surface area is 99.0 Å². The maximum Gasteiger partial charge on any atom is 0.337 e. The van der Waals surface area contributed by atoms with Gasteiger partial charge in [0.2, 0.25) is 0 Å². The number of rotatable bonds is 5. The molecule has 1 aromatic rings. The fourth-order valence-electron chi connectivity index (χ4n) is 1.15. The van der Waals surface area contributed by atoms with Crippen LogP contribution >= 0.6 is 11.6 Å². The van der Waals surface area contributed by atoms with Crippen LogP contribution in [0, 0.1) is 0 Å². The molecule has 0 unspecified atom stereocenters. The third kappa shape index (κ3) is 3.55. The molecule has 0 aliphatic heterocycles. The van der Waals surface area contributed by atoms with E-state index in [1.54, 1.807) is 0 Å². The monoisotopic (exact) mass is 240 g/mol. The molecule has 0 amide bonds. The number of carbonyl (C=O) groups is 1. The Morgan fingerprint density at radius 2 is 2.44 bits per heavy atom. The SMILES string of the molecule is C/C=C/CCNc1cc(C(=O)O)c(Cl)cn1. The maximum absolute atomic E-state index is 10.8. The van der Waals surface area contributed by atoms with Gasteiger partial charge in [0.15, 0.2) is 0 Å². The van der Waals surface area contributed by atoms with E-state index in [1.807, 2.05) is 19.1 Å². The highest BCUT2D eigenvalue weighted by Gasteiger charge is 2.09. The summed E-state index contributed by atoms with van der Waals surface area (Å²) in [4.78, 5) is 14.8. The van der Waals surface area contributed by atoms with Gasteiger partial charge in [-0.15, -0.1) is 0 Å². The van der Waals surface area contributed by atoms with Crippen molar-refractivity contribution in [3.63, 3.8) is 0 Å². The highest BCUT2D eigenvalue weighted by Crippen LogP contribution is 2.17. The van der Waals surface area contributed by atoms with Gasteiger partial charge in [-0.3, -0.25) is 0 Å². The average molecular weight is 241 g/mol. The third-order valence-electron chi connectivity index (χ3n) is 1.94. The molecule has 1 aromatic heterocycles. The van der Waals surface area contributed by atoms with Crippen molar-refractivity contribution in [2.75, 3.05) is 11.9 Å². The number of halogens is 1. The number of hydrogen-bond donors (Lipinski definition) is 2. The molecule has 0 saturated heterocycles. The van der Waals surface area contributed by atoms with Crippen molar-refractivity contribution >= 4 is 23.4 Å². The zero-order chi connectivity index (χ0) is 12.0. The summed E-state index contributed by atoms with van der Waals surface area (Å²) in [5, 5.41) is 12.0. The fraction of sp³-hybridized carbons (Fsp3) is 0.273. The van der Waals surface area contributed by atoms with E-state index in [1.165, 1.54) is 12.3 Å². The summed E-state index contributed by atoms with van der Waals surface area (Å²) in [5.74, 6) is -0.532. The van der Waals surface area contributed by atoms with E-state index >= 15 is 0 Å². The van der Waals surface area contributed by atoms with Crippen molar-refractivity contribution < 1.29 is 9.90 Å². The lowest BCUT2D eigenvalue weighted by Gasteiger charge is -2.05. The van der Waals surface area contributed by atoms with Crippen molar-refractivity contribution in [3.05, 3.63) is 35.0 Å². The second kappa shape index (κ2) is 6.12. The molecule has 0 fully saturated rings. The van der Waals surface area contributed by atoms with Crippen molar-refractivity contribution in [2.45, 2.75) is 13.3 Å². The molecule has 0 aromatic carbocycles. The number of nitrogens with zero attached hydrogens (tertiary/aromatic N) is 1. The summed E-state index contributed by atoms with van der Waals surface area (Å²) in [6, 6.07) is 1.43. The molecule has 0 aliphatic rings. The lowest BCUT2D eigenvalue weighted by atomic mass is 10.2. The first-order valence-corrected chi connectivity index (χ1v) is 5.26. The highest BCUT2D eigenvalue weighted by atomic mass is 35.5. The number of anilines is 1. The van der Waals surface area contributed by atoms with Crippen LogP contribution in [0.5, 0.6) is 0 Å². The van der Waals surface area contributed by atoms with Gasteiger partial charge in [0, 0.05) is 12.7 Å². The molecule has 1 heterocycles. The number of aromatic carboxylic acids is 1. The Bertz CT molecular complexity index is 405. The predicted octanol–water partition coefficient (Wildman–Crippen LogP) is 2.81. The Balaban J connectivity index is 2.67. The highest BCUT2D eigenvalue weighted by molar-refractivity contribution is 6.33. The van der Waals surface area contributed by atoms with E-state index in [-0.39, 0.29) is 10.6 Å². The van der Waals surface area contributed by atoms with Crippen LogP contribution in [-0.4, -0.2) is 22.6 Å².